The molecule has 1 amide bonds. The van der Waals surface area contributed by atoms with Gasteiger partial charge in [-0.05, 0) is 6.07 Å². The molecule has 1 aromatic rings. The molecular weight excluding hydrogens is 275 g/mol. The van der Waals surface area contributed by atoms with Gasteiger partial charge in [-0.3, -0.25) is 4.79 Å². The lowest BCUT2D eigenvalue weighted by Crippen LogP contribution is -2.30. The molecule has 1 aromatic carbocycles. The van der Waals surface area contributed by atoms with Crippen LogP contribution >= 0.6 is 11.6 Å². The summed E-state index contributed by atoms with van der Waals surface area (Å²) in [5.41, 5.74) is -0.189. The van der Waals surface area contributed by atoms with Crippen molar-refractivity contribution in [3.8, 4) is 11.5 Å². The van der Waals surface area contributed by atoms with Gasteiger partial charge in [-0.1, -0.05) is 11.6 Å². The average Bonchev–Trinajstić information content (AvgIpc) is 2.28. The Kier molecular flexibility index (Phi) is 4.28. The number of alkyl halides is 3. The Bertz CT molecular complexity index is 462. The van der Waals surface area contributed by atoms with E-state index in [0.717, 1.165) is 6.07 Å². The molecule has 100 valence electrons. The highest BCUT2D eigenvalue weighted by Gasteiger charge is 2.39. The van der Waals surface area contributed by atoms with Crippen LogP contribution in [0.1, 0.15) is 0 Å². The lowest BCUT2D eigenvalue weighted by Gasteiger charge is -2.13. The number of halogens is 4. The highest BCUT2D eigenvalue weighted by molar-refractivity contribution is 6.32. The normalized spacial score (nSPS) is 11.0. The number of carbonyl (C=O) groups excluding carboxylic acids is 1. The van der Waals surface area contributed by atoms with E-state index < -0.39 is 12.1 Å². The molecule has 0 saturated carbocycles. The van der Waals surface area contributed by atoms with E-state index in [0.29, 0.717) is 0 Å². The molecule has 0 bridgehead atoms. The van der Waals surface area contributed by atoms with Gasteiger partial charge in [0, 0.05) is 6.07 Å². The molecule has 0 aliphatic heterocycles. The Hall–Kier alpha value is -1.63. The Morgan fingerprint density at radius 3 is 2.22 bits per heavy atom. The average molecular weight is 284 g/mol. The van der Waals surface area contributed by atoms with E-state index in [1.807, 2.05) is 0 Å². The second-order valence-corrected chi connectivity index (χ2v) is 3.55. The van der Waals surface area contributed by atoms with Gasteiger partial charge in [0.05, 0.1) is 24.9 Å². The molecule has 0 aromatic heterocycles. The van der Waals surface area contributed by atoms with Crippen LogP contribution in [0.4, 0.5) is 18.9 Å². The first-order valence-corrected chi connectivity index (χ1v) is 4.97. The van der Waals surface area contributed by atoms with Gasteiger partial charge in [0.2, 0.25) is 0 Å². The van der Waals surface area contributed by atoms with Crippen molar-refractivity contribution < 1.29 is 27.4 Å². The zero-order valence-corrected chi connectivity index (χ0v) is 10.1. The molecule has 18 heavy (non-hydrogen) atoms. The minimum Gasteiger partial charge on any atom is -0.495 e. The van der Waals surface area contributed by atoms with Crippen LogP contribution in [0.5, 0.6) is 11.5 Å². The van der Waals surface area contributed by atoms with Crippen molar-refractivity contribution in [1.29, 1.82) is 0 Å². The number of carbonyl (C=O) groups is 1. The predicted octanol–water partition coefficient (Wildman–Crippen LogP) is 2.86. The minimum absolute atomic E-state index is 0.00819. The van der Waals surface area contributed by atoms with E-state index >= 15 is 0 Å². The molecule has 0 fully saturated rings. The summed E-state index contributed by atoms with van der Waals surface area (Å²) >= 11 is 5.74. The van der Waals surface area contributed by atoms with Crippen molar-refractivity contribution in [3.63, 3.8) is 0 Å². The zero-order valence-electron chi connectivity index (χ0n) is 9.39. The molecule has 0 atom stereocenters. The molecule has 4 nitrogen and oxygen atoms in total. The van der Waals surface area contributed by atoms with Crippen LogP contribution in [0.25, 0.3) is 0 Å². The third-order valence-corrected chi connectivity index (χ3v) is 2.27. The summed E-state index contributed by atoms with van der Waals surface area (Å²) in [6.07, 6.45) is -4.99. The first kappa shape index (κ1) is 14.4. The summed E-state index contributed by atoms with van der Waals surface area (Å²) in [7, 11) is 2.58. The SMILES string of the molecule is COc1cc(OC)c(NC(=O)C(F)(F)F)cc1Cl. The van der Waals surface area contributed by atoms with Crippen molar-refractivity contribution in [2.45, 2.75) is 6.18 Å². The van der Waals surface area contributed by atoms with Crippen molar-refractivity contribution in [3.05, 3.63) is 17.2 Å². The number of nitrogens with one attached hydrogen (secondary N) is 1. The van der Waals surface area contributed by atoms with E-state index in [2.05, 4.69) is 0 Å². The third kappa shape index (κ3) is 3.19. The fourth-order valence-electron chi connectivity index (χ4n) is 1.15. The monoisotopic (exact) mass is 283 g/mol. The number of amides is 1. The molecule has 0 heterocycles. The maximum absolute atomic E-state index is 12.1. The van der Waals surface area contributed by atoms with Crippen LogP contribution in [-0.2, 0) is 4.79 Å². The van der Waals surface area contributed by atoms with Gasteiger partial charge in [0.15, 0.2) is 0 Å². The largest absolute Gasteiger partial charge is 0.495 e. The van der Waals surface area contributed by atoms with E-state index in [1.54, 1.807) is 5.32 Å². The van der Waals surface area contributed by atoms with Crippen LogP contribution in [-0.4, -0.2) is 26.3 Å². The molecule has 0 unspecified atom stereocenters. The summed E-state index contributed by atoms with van der Waals surface area (Å²) in [6, 6.07) is 2.39. The molecule has 1 N–H and O–H groups in total. The van der Waals surface area contributed by atoms with Crippen LogP contribution in [0.15, 0.2) is 12.1 Å². The molecular formula is C10H9ClF3NO3. The highest BCUT2D eigenvalue weighted by atomic mass is 35.5. The summed E-state index contributed by atoms with van der Waals surface area (Å²) in [6.45, 7) is 0. The fraction of sp³-hybridized carbons (Fsp3) is 0.300. The van der Waals surface area contributed by atoms with Gasteiger partial charge in [0.25, 0.3) is 0 Å². The van der Waals surface area contributed by atoms with E-state index in [9.17, 15) is 18.0 Å². The number of methoxy groups -OCH3 is 2. The van der Waals surface area contributed by atoms with Gasteiger partial charge in [-0.25, -0.2) is 0 Å². The second kappa shape index (κ2) is 5.34. The third-order valence-electron chi connectivity index (χ3n) is 1.98. The quantitative estimate of drug-likeness (QED) is 0.928. The van der Waals surface area contributed by atoms with Gasteiger partial charge in [-0.2, -0.15) is 13.2 Å². The van der Waals surface area contributed by atoms with Crippen molar-refractivity contribution in [2.75, 3.05) is 19.5 Å². The van der Waals surface area contributed by atoms with E-state index in [1.165, 1.54) is 20.3 Å². The Balaban J connectivity index is 3.09. The molecule has 0 aliphatic rings. The number of benzene rings is 1. The van der Waals surface area contributed by atoms with Gasteiger partial charge < -0.3 is 14.8 Å². The van der Waals surface area contributed by atoms with E-state index in [-0.39, 0.29) is 22.2 Å². The van der Waals surface area contributed by atoms with Crippen LogP contribution < -0.4 is 14.8 Å². The maximum Gasteiger partial charge on any atom is 0.471 e. The summed E-state index contributed by atoms with van der Waals surface area (Å²) in [4.78, 5) is 10.8. The topological polar surface area (TPSA) is 47.6 Å². The maximum atomic E-state index is 12.1. The van der Waals surface area contributed by atoms with Gasteiger partial charge >= 0.3 is 12.1 Å². The van der Waals surface area contributed by atoms with Gasteiger partial charge in [0.1, 0.15) is 11.5 Å². The number of ether oxygens (including phenoxy) is 2. The van der Waals surface area contributed by atoms with Crippen molar-refractivity contribution in [1.82, 2.24) is 0 Å². The Morgan fingerprint density at radius 1 is 1.22 bits per heavy atom. The fourth-order valence-corrected chi connectivity index (χ4v) is 1.39. The van der Waals surface area contributed by atoms with Crippen LogP contribution in [0.3, 0.4) is 0 Å². The molecule has 0 aliphatic carbocycles. The first-order chi connectivity index (χ1) is 8.29. The number of hydrogen-bond acceptors (Lipinski definition) is 3. The Labute approximate surface area is 106 Å². The minimum atomic E-state index is -4.99. The standard InChI is InChI=1S/C10H9ClF3NO3/c1-17-7-4-8(18-2)6(3-5(7)11)15-9(16)10(12,13)14/h3-4H,1-2H3,(H,15,16). The lowest BCUT2D eigenvalue weighted by molar-refractivity contribution is -0.167. The zero-order chi connectivity index (χ0) is 13.9. The van der Waals surface area contributed by atoms with Gasteiger partial charge in [-0.15, -0.1) is 0 Å². The summed E-state index contributed by atoms with van der Waals surface area (Å²) in [5, 5.41) is 1.72. The molecule has 0 spiro atoms. The number of hydrogen-bond donors (Lipinski definition) is 1. The number of anilines is 1. The summed E-state index contributed by atoms with van der Waals surface area (Å²) < 4.78 is 46.0. The smallest absolute Gasteiger partial charge is 0.471 e. The molecule has 0 saturated heterocycles. The lowest BCUT2D eigenvalue weighted by atomic mass is 10.2. The van der Waals surface area contributed by atoms with Crippen molar-refractivity contribution >= 4 is 23.2 Å². The second-order valence-electron chi connectivity index (χ2n) is 3.14. The molecule has 8 heteroatoms. The predicted molar refractivity (Wildman–Crippen MR) is 59.2 cm³/mol. The van der Waals surface area contributed by atoms with Crippen LogP contribution in [0, 0.1) is 0 Å². The summed E-state index contributed by atoms with van der Waals surface area (Å²) in [5.74, 6) is -1.88. The molecule has 1 rings (SSSR count). The highest BCUT2D eigenvalue weighted by Crippen LogP contribution is 2.36. The van der Waals surface area contributed by atoms with Crippen molar-refractivity contribution in [2.24, 2.45) is 0 Å². The molecule has 0 radical (unpaired) electrons. The first-order valence-electron chi connectivity index (χ1n) is 4.59. The Morgan fingerprint density at radius 2 is 1.78 bits per heavy atom. The van der Waals surface area contributed by atoms with Crippen LogP contribution in [0.2, 0.25) is 5.02 Å². The number of rotatable bonds is 3. The van der Waals surface area contributed by atoms with E-state index in [4.69, 9.17) is 21.1 Å².